The Hall–Kier alpha value is -9.50. The second kappa shape index (κ2) is 17.5. The highest BCUT2D eigenvalue weighted by Gasteiger charge is 2.37. The molecule has 0 radical (unpaired) electrons. The highest BCUT2D eigenvalue weighted by atomic mass is 15.0. The molecular formula is C76H56N2. The molecule has 2 aliphatic carbocycles. The summed E-state index contributed by atoms with van der Waals surface area (Å²) in [7, 11) is 0. The molecule has 0 atom stereocenters. The van der Waals surface area contributed by atoms with Crippen molar-refractivity contribution in [2.24, 2.45) is 0 Å². The zero-order valence-electron chi connectivity index (χ0n) is 44.3. The maximum absolute atomic E-state index is 2.50. The molecule has 78 heavy (non-hydrogen) atoms. The Labute approximate surface area is 456 Å². The van der Waals surface area contributed by atoms with Crippen LogP contribution in [0.15, 0.2) is 267 Å². The van der Waals surface area contributed by atoms with Crippen LogP contribution >= 0.6 is 0 Å². The fourth-order valence-electron chi connectivity index (χ4n) is 13.4. The molecule has 0 aliphatic heterocycles. The number of fused-ring (bicyclic) bond motifs is 8. The first-order chi connectivity index (χ1) is 38.2. The van der Waals surface area contributed by atoms with Gasteiger partial charge in [-0.05, 0) is 183 Å². The van der Waals surface area contributed by atoms with Crippen molar-refractivity contribution in [2.45, 2.75) is 38.5 Å². The maximum atomic E-state index is 2.50. The highest BCUT2D eigenvalue weighted by Crippen LogP contribution is 2.53. The molecule has 0 bridgehead atoms. The largest absolute Gasteiger partial charge is 0.309 e. The van der Waals surface area contributed by atoms with E-state index < -0.39 is 0 Å². The van der Waals surface area contributed by atoms with Crippen molar-refractivity contribution in [1.82, 2.24) is 9.13 Å². The fraction of sp³-hybridized carbons (Fsp3) is 0.0789. The number of nitrogens with zero attached hydrogens (tertiary/aromatic N) is 2. The molecule has 2 heteroatoms. The maximum Gasteiger partial charge on any atom is 0.0535 e. The van der Waals surface area contributed by atoms with Gasteiger partial charge in [-0.25, -0.2) is 0 Å². The molecule has 0 unspecified atom stereocenters. The van der Waals surface area contributed by atoms with E-state index in [1.54, 1.807) is 0 Å². The van der Waals surface area contributed by atoms with Crippen molar-refractivity contribution >= 4 is 21.5 Å². The van der Waals surface area contributed by atoms with E-state index in [0.29, 0.717) is 0 Å². The van der Waals surface area contributed by atoms with Gasteiger partial charge in [0.15, 0.2) is 0 Å². The van der Waals surface area contributed by atoms with Crippen molar-refractivity contribution in [3.63, 3.8) is 0 Å². The van der Waals surface area contributed by atoms with E-state index in [4.69, 9.17) is 0 Å². The van der Waals surface area contributed by atoms with E-state index in [1.165, 1.54) is 111 Å². The molecule has 2 aliphatic rings. The second-order valence-corrected chi connectivity index (χ2v) is 22.5. The molecule has 11 aromatic carbocycles. The summed E-state index contributed by atoms with van der Waals surface area (Å²) in [6.07, 6.45) is 0. The normalized spacial score (nSPS) is 13.6. The third-order valence-corrected chi connectivity index (χ3v) is 17.3. The zero-order chi connectivity index (χ0) is 52.3. The van der Waals surface area contributed by atoms with Crippen molar-refractivity contribution in [1.29, 1.82) is 0 Å². The lowest BCUT2D eigenvalue weighted by Gasteiger charge is -2.23. The summed E-state index contributed by atoms with van der Waals surface area (Å²) >= 11 is 0. The molecule has 0 saturated carbocycles. The van der Waals surface area contributed by atoms with Gasteiger partial charge in [0.05, 0.1) is 22.8 Å². The van der Waals surface area contributed by atoms with Crippen LogP contribution < -0.4 is 0 Å². The average molecular weight is 997 g/mol. The van der Waals surface area contributed by atoms with Crippen LogP contribution in [-0.4, -0.2) is 9.13 Å². The van der Waals surface area contributed by atoms with Crippen LogP contribution in [0.1, 0.15) is 49.9 Å². The van der Waals surface area contributed by atoms with Crippen molar-refractivity contribution in [2.75, 3.05) is 0 Å². The minimum absolute atomic E-state index is 0.164. The van der Waals surface area contributed by atoms with Crippen LogP contribution in [-0.2, 0) is 10.8 Å². The van der Waals surface area contributed by atoms with E-state index in [1.807, 2.05) is 0 Å². The molecule has 15 rings (SSSR count). The smallest absolute Gasteiger partial charge is 0.0535 e. The Morgan fingerprint density at radius 2 is 0.538 bits per heavy atom. The Morgan fingerprint density at radius 1 is 0.231 bits per heavy atom. The van der Waals surface area contributed by atoms with Gasteiger partial charge in [-0.3, -0.25) is 0 Å². The summed E-state index contributed by atoms with van der Waals surface area (Å²) in [5, 5.41) is 4.79. The monoisotopic (exact) mass is 996 g/mol. The summed E-state index contributed by atoms with van der Waals surface area (Å²) in [6.45, 7) is 9.55. The first kappa shape index (κ1) is 45.9. The first-order valence-electron chi connectivity index (χ1n) is 27.4. The average Bonchev–Trinajstić information content (AvgIpc) is 4.37. The summed E-state index contributed by atoms with van der Waals surface area (Å²) in [5.74, 6) is 0. The van der Waals surface area contributed by atoms with Crippen LogP contribution in [0, 0.1) is 0 Å². The summed E-state index contributed by atoms with van der Waals surface area (Å²) in [5.41, 5.74) is 26.7. The van der Waals surface area contributed by atoms with Crippen LogP contribution in [0.2, 0.25) is 0 Å². The number of rotatable bonds is 8. The number of aromatic nitrogens is 2. The summed E-state index contributed by atoms with van der Waals surface area (Å²) < 4.78 is 4.97. The van der Waals surface area contributed by atoms with E-state index in [-0.39, 0.29) is 10.8 Å². The summed E-state index contributed by atoms with van der Waals surface area (Å²) in [4.78, 5) is 0. The lowest BCUT2D eigenvalue weighted by atomic mass is 9.81. The van der Waals surface area contributed by atoms with E-state index in [2.05, 4.69) is 304 Å². The van der Waals surface area contributed by atoms with Crippen LogP contribution in [0.5, 0.6) is 0 Å². The molecule has 0 spiro atoms. The number of hydrogen-bond donors (Lipinski definition) is 0. The summed E-state index contributed by atoms with van der Waals surface area (Å²) in [6, 6.07) is 99.8. The molecule has 0 amide bonds. The first-order valence-corrected chi connectivity index (χ1v) is 27.4. The quantitative estimate of drug-likeness (QED) is 0.134. The lowest BCUT2D eigenvalue weighted by Crippen LogP contribution is -2.14. The second-order valence-electron chi connectivity index (χ2n) is 22.5. The SMILES string of the molecule is CC1(C)c2ccccc2-c2ccc(-c3cc(-n4c(-c5ccccc5)ccc4-c4ccccc4)cc4cc5c(-c6ccc7c(c6)C(C)(C)c6ccccc6-7)cc(-n6c(-c7ccccc7)ccc6-c6ccccc6)cc5cc34)cc21. The molecular weight excluding hydrogens is 941 g/mol. The van der Waals surface area contributed by atoms with Gasteiger partial charge >= 0.3 is 0 Å². The van der Waals surface area contributed by atoms with Gasteiger partial charge in [0, 0.05) is 22.2 Å². The molecule has 2 heterocycles. The molecule has 0 N–H and O–H groups in total. The minimum Gasteiger partial charge on any atom is -0.309 e. The molecule has 2 nitrogen and oxygen atoms in total. The Balaban J connectivity index is 1.05. The third kappa shape index (κ3) is 7.10. The predicted molar refractivity (Wildman–Crippen MR) is 328 cm³/mol. The zero-order valence-corrected chi connectivity index (χ0v) is 44.3. The minimum atomic E-state index is -0.164. The van der Waals surface area contributed by atoms with Gasteiger partial charge in [0.25, 0.3) is 0 Å². The predicted octanol–water partition coefficient (Wildman–Crippen LogP) is 20.2. The van der Waals surface area contributed by atoms with Crippen LogP contribution in [0.4, 0.5) is 0 Å². The van der Waals surface area contributed by atoms with Gasteiger partial charge in [-0.1, -0.05) is 222 Å². The van der Waals surface area contributed by atoms with Crippen molar-refractivity contribution < 1.29 is 0 Å². The standard InChI is InChI=1S/C76H56N2/c1-75(2)67-31-19-17-29-59(67)61-35-33-53(45-69(61)75)65-47-57(77-71(49-21-9-5-10-22-49)37-38-72(77)50-23-11-6-12-24-50)41-55-44-64-56(43-63(55)65)42-58(78-73(51-25-13-7-14-26-51)39-40-74(78)52-27-15-8-16-28-52)48-66(64)54-34-36-62-60-30-18-20-32-68(60)76(3,4)70(62)46-54/h5-48H,1-4H3. The fourth-order valence-corrected chi connectivity index (χ4v) is 13.4. The Morgan fingerprint density at radius 3 is 0.885 bits per heavy atom. The molecule has 0 saturated heterocycles. The van der Waals surface area contributed by atoms with Gasteiger partial charge in [-0.2, -0.15) is 0 Å². The molecule has 2 aromatic heterocycles. The van der Waals surface area contributed by atoms with Crippen molar-refractivity contribution in [3.8, 4) is 101 Å². The molecule has 13 aromatic rings. The van der Waals surface area contributed by atoms with E-state index >= 15 is 0 Å². The molecule has 0 fully saturated rings. The van der Waals surface area contributed by atoms with Gasteiger partial charge in [0.1, 0.15) is 0 Å². The topological polar surface area (TPSA) is 9.86 Å². The third-order valence-electron chi connectivity index (χ3n) is 17.3. The van der Waals surface area contributed by atoms with Gasteiger partial charge in [-0.15, -0.1) is 0 Å². The van der Waals surface area contributed by atoms with E-state index in [0.717, 1.165) is 34.2 Å². The number of hydrogen-bond acceptors (Lipinski definition) is 0. The highest BCUT2D eigenvalue weighted by molar-refractivity contribution is 6.11. The van der Waals surface area contributed by atoms with Gasteiger partial charge < -0.3 is 9.13 Å². The molecule has 370 valence electrons. The number of benzene rings is 11. The Kier molecular flexibility index (Phi) is 10.3. The van der Waals surface area contributed by atoms with E-state index in [9.17, 15) is 0 Å². The van der Waals surface area contributed by atoms with Gasteiger partial charge in [0.2, 0.25) is 0 Å². The Bertz CT molecular complexity index is 4110. The lowest BCUT2D eigenvalue weighted by molar-refractivity contribution is 0.660. The van der Waals surface area contributed by atoms with Crippen LogP contribution in [0.3, 0.4) is 0 Å². The van der Waals surface area contributed by atoms with Crippen molar-refractivity contribution in [3.05, 3.63) is 289 Å². The van der Waals surface area contributed by atoms with Crippen LogP contribution in [0.25, 0.3) is 122 Å².